The Morgan fingerprint density at radius 1 is 1.45 bits per heavy atom. The highest BCUT2D eigenvalue weighted by molar-refractivity contribution is 6.04. The lowest BCUT2D eigenvalue weighted by Crippen LogP contribution is -2.47. The van der Waals surface area contributed by atoms with Gasteiger partial charge in [0.2, 0.25) is 5.88 Å². The Morgan fingerprint density at radius 2 is 2.30 bits per heavy atom. The normalized spacial score (nSPS) is 22.4. The summed E-state index contributed by atoms with van der Waals surface area (Å²) in [6.45, 7) is 1.94. The number of aromatic nitrogens is 2. The molecule has 1 fully saturated rings. The first-order valence-electron chi connectivity index (χ1n) is 6.80. The third-order valence-corrected chi connectivity index (χ3v) is 3.47. The van der Waals surface area contributed by atoms with Crippen molar-refractivity contribution < 1.29 is 19.1 Å². The van der Waals surface area contributed by atoms with E-state index in [1.165, 1.54) is 6.20 Å². The van der Waals surface area contributed by atoms with Gasteiger partial charge in [-0.05, 0) is 25.8 Å². The van der Waals surface area contributed by atoms with Gasteiger partial charge in [-0.25, -0.2) is 0 Å². The second-order valence-corrected chi connectivity index (χ2v) is 4.78. The molecule has 1 unspecified atom stereocenters. The van der Waals surface area contributed by atoms with Crippen LogP contribution >= 0.6 is 0 Å². The second kappa shape index (κ2) is 6.45. The zero-order chi connectivity index (χ0) is 14.4. The van der Waals surface area contributed by atoms with Crippen LogP contribution in [0.4, 0.5) is 0 Å². The van der Waals surface area contributed by atoms with Gasteiger partial charge in [0.05, 0.1) is 6.61 Å². The van der Waals surface area contributed by atoms with E-state index in [4.69, 9.17) is 9.47 Å². The van der Waals surface area contributed by atoms with Gasteiger partial charge < -0.3 is 9.47 Å². The lowest BCUT2D eigenvalue weighted by atomic mass is 9.73. The van der Waals surface area contributed by atoms with Crippen molar-refractivity contribution in [1.82, 2.24) is 10.2 Å². The first-order chi connectivity index (χ1) is 9.69. The highest BCUT2D eigenvalue weighted by Gasteiger charge is 2.49. The zero-order valence-electron chi connectivity index (χ0n) is 11.5. The molecule has 0 amide bonds. The summed E-state index contributed by atoms with van der Waals surface area (Å²) in [5.41, 5.74) is -1.19. The molecule has 6 nitrogen and oxygen atoms in total. The fourth-order valence-corrected chi connectivity index (χ4v) is 2.35. The molecule has 0 aliphatic heterocycles. The quantitative estimate of drug-likeness (QED) is 0.600. The number of hydrogen-bond acceptors (Lipinski definition) is 6. The maximum Gasteiger partial charge on any atom is 0.323 e. The molecule has 0 N–H and O–H groups in total. The van der Waals surface area contributed by atoms with Crippen LogP contribution in [0.25, 0.3) is 0 Å². The summed E-state index contributed by atoms with van der Waals surface area (Å²) >= 11 is 0. The third-order valence-electron chi connectivity index (χ3n) is 3.47. The fourth-order valence-electron chi connectivity index (χ4n) is 2.35. The largest absolute Gasteiger partial charge is 0.475 e. The summed E-state index contributed by atoms with van der Waals surface area (Å²) in [5, 5.41) is 7.48. The average Bonchev–Trinajstić information content (AvgIpc) is 2.48. The standard InChI is InChI=1S/C14H18N2O4/c1-2-19-13(18)14(8-4-3-6-11(14)17)10-20-12-7-5-9-15-16-12/h5,7,9H,2-4,6,8,10H2,1H3. The van der Waals surface area contributed by atoms with Gasteiger partial charge in [0.15, 0.2) is 11.2 Å². The summed E-state index contributed by atoms with van der Waals surface area (Å²) in [5.74, 6) is -0.297. The minimum atomic E-state index is -1.19. The van der Waals surface area contributed by atoms with E-state index in [2.05, 4.69) is 10.2 Å². The van der Waals surface area contributed by atoms with Crippen molar-refractivity contribution in [2.75, 3.05) is 13.2 Å². The lowest BCUT2D eigenvalue weighted by molar-refractivity contribution is -0.164. The molecule has 0 bridgehead atoms. The van der Waals surface area contributed by atoms with Gasteiger partial charge in [-0.2, -0.15) is 5.10 Å². The maximum atomic E-state index is 12.2. The number of ether oxygens (including phenoxy) is 2. The van der Waals surface area contributed by atoms with E-state index in [0.717, 1.165) is 12.8 Å². The van der Waals surface area contributed by atoms with E-state index in [9.17, 15) is 9.59 Å². The number of carbonyl (C=O) groups is 2. The minimum Gasteiger partial charge on any atom is -0.475 e. The average molecular weight is 278 g/mol. The topological polar surface area (TPSA) is 78.4 Å². The Labute approximate surface area is 117 Å². The van der Waals surface area contributed by atoms with Crippen LogP contribution < -0.4 is 4.74 Å². The molecule has 1 aliphatic rings. The SMILES string of the molecule is CCOC(=O)C1(COc2cccnn2)CCCCC1=O. The van der Waals surface area contributed by atoms with Crippen LogP contribution in [-0.2, 0) is 14.3 Å². The van der Waals surface area contributed by atoms with Crippen molar-refractivity contribution in [3.63, 3.8) is 0 Å². The molecule has 20 heavy (non-hydrogen) atoms. The Hall–Kier alpha value is -1.98. The van der Waals surface area contributed by atoms with Gasteiger partial charge >= 0.3 is 5.97 Å². The van der Waals surface area contributed by atoms with Crippen molar-refractivity contribution in [3.05, 3.63) is 18.3 Å². The molecule has 1 atom stereocenters. The number of Topliss-reactive ketones (excluding diaryl/α,β-unsaturated/α-hetero) is 1. The van der Waals surface area contributed by atoms with E-state index < -0.39 is 11.4 Å². The van der Waals surface area contributed by atoms with Crippen molar-refractivity contribution >= 4 is 11.8 Å². The maximum absolute atomic E-state index is 12.2. The molecule has 1 aliphatic carbocycles. The van der Waals surface area contributed by atoms with Crippen LogP contribution in [0.3, 0.4) is 0 Å². The predicted molar refractivity (Wildman–Crippen MR) is 70.1 cm³/mol. The van der Waals surface area contributed by atoms with E-state index >= 15 is 0 Å². The Morgan fingerprint density at radius 3 is 2.95 bits per heavy atom. The van der Waals surface area contributed by atoms with E-state index in [1.54, 1.807) is 19.1 Å². The van der Waals surface area contributed by atoms with Gasteiger partial charge in [-0.1, -0.05) is 6.42 Å². The van der Waals surface area contributed by atoms with Crippen LogP contribution in [0.1, 0.15) is 32.6 Å². The van der Waals surface area contributed by atoms with Crippen LogP contribution in [0.5, 0.6) is 5.88 Å². The Balaban J connectivity index is 2.14. The molecule has 1 aromatic heterocycles. The molecule has 6 heteroatoms. The first-order valence-corrected chi connectivity index (χ1v) is 6.80. The molecular weight excluding hydrogens is 260 g/mol. The highest BCUT2D eigenvalue weighted by Crippen LogP contribution is 2.35. The van der Waals surface area contributed by atoms with Gasteiger partial charge in [0.1, 0.15) is 6.61 Å². The van der Waals surface area contributed by atoms with Gasteiger partial charge in [0.25, 0.3) is 0 Å². The Kier molecular flexibility index (Phi) is 4.65. The van der Waals surface area contributed by atoms with Crippen LogP contribution in [0, 0.1) is 5.41 Å². The van der Waals surface area contributed by atoms with E-state index in [0.29, 0.717) is 18.7 Å². The minimum absolute atomic E-state index is 0.0383. The lowest BCUT2D eigenvalue weighted by Gasteiger charge is -2.32. The molecule has 0 radical (unpaired) electrons. The van der Waals surface area contributed by atoms with Gasteiger partial charge in [-0.3, -0.25) is 9.59 Å². The van der Waals surface area contributed by atoms with Crippen molar-refractivity contribution in [3.8, 4) is 5.88 Å². The van der Waals surface area contributed by atoms with Crippen LogP contribution in [0.2, 0.25) is 0 Å². The smallest absolute Gasteiger partial charge is 0.323 e. The number of esters is 1. The zero-order valence-corrected chi connectivity index (χ0v) is 11.5. The van der Waals surface area contributed by atoms with Crippen molar-refractivity contribution in [2.45, 2.75) is 32.6 Å². The molecule has 0 saturated heterocycles. The molecular formula is C14H18N2O4. The Bertz CT molecular complexity index is 477. The van der Waals surface area contributed by atoms with E-state index in [-0.39, 0.29) is 19.0 Å². The molecule has 1 saturated carbocycles. The monoisotopic (exact) mass is 278 g/mol. The first kappa shape index (κ1) is 14.4. The summed E-state index contributed by atoms with van der Waals surface area (Å²) in [4.78, 5) is 24.4. The van der Waals surface area contributed by atoms with E-state index in [1.807, 2.05) is 0 Å². The van der Waals surface area contributed by atoms with Gasteiger partial charge in [0, 0.05) is 18.7 Å². The fraction of sp³-hybridized carbons (Fsp3) is 0.571. The molecule has 2 rings (SSSR count). The number of rotatable bonds is 5. The van der Waals surface area contributed by atoms with Crippen LogP contribution in [-0.4, -0.2) is 35.2 Å². The summed E-state index contributed by atoms with van der Waals surface area (Å²) in [6.07, 6.45) is 4.01. The summed E-state index contributed by atoms with van der Waals surface area (Å²) < 4.78 is 10.6. The molecule has 108 valence electrons. The molecule has 0 spiro atoms. The number of hydrogen-bond donors (Lipinski definition) is 0. The predicted octanol–water partition coefficient (Wildman–Crippen LogP) is 1.55. The van der Waals surface area contributed by atoms with Crippen molar-refractivity contribution in [2.24, 2.45) is 5.41 Å². The van der Waals surface area contributed by atoms with Crippen molar-refractivity contribution in [1.29, 1.82) is 0 Å². The second-order valence-electron chi connectivity index (χ2n) is 4.78. The summed E-state index contributed by atoms with van der Waals surface area (Å²) in [7, 11) is 0. The molecule has 1 aromatic rings. The summed E-state index contributed by atoms with van der Waals surface area (Å²) in [6, 6.07) is 3.32. The van der Waals surface area contributed by atoms with Crippen LogP contribution in [0.15, 0.2) is 18.3 Å². The molecule has 0 aromatic carbocycles. The molecule has 1 heterocycles. The highest BCUT2D eigenvalue weighted by atomic mass is 16.5. The third kappa shape index (κ3) is 2.95. The number of ketones is 1. The number of carbonyl (C=O) groups excluding carboxylic acids is 2. The number of nitrogens with zero attached hydrogens (tertiary/aromatic N) is 2. The van der Waals surface area contributed by atoms with Gasteiger partial charge in [-0.15, -0.1) is 5.10 Å².